The van der Waals surface area contributed by atoms with E-state index in [0.29, 0.717) is 0 Å². The summed E-state index contributed by atoms with van der Waals surface area (Å²) in [7, 11) is 0. The molecule has 0 aliphatic heterocycles. The van der Waals surface area contributed by atoms with Crippen molar-refractivity contribution < 1.29 is 4.74 Å². The molecule has 0 aromatic carbocycles. The molecular weight excluding hydrogens is 210 g/mol. The molecule has 0 unspecified atom stereocenters. The van der Waals surface area contributed by atoms with E-state index in [-0.39, 0.29) is 0 Å². The molecule has 2 nitrogen and oxygen atoms in total. The molecule has 1 rings (SSSR count). The molecule has 0 aromatic heterocycles. The summed E-state index contributed by atoms with van der Waals surface area (Å²) in [5.41, 5.74) is 0. The van der Waals surface area contributed by atoms with E-state index < -0.39 is 0 Å². The highest BCUT2D eigenvalue weighted by molar-refractivity contribution is 4.76. The minimum absolute atomic E-state index is 0.756. The maximum absolute atomic E-state index is 5.62. The first-order chi connectivity index (χ1) is 8.22. The minimum Gasteiger partial charge on any atom is -0.380 e. The molecule has 0 bridgehead atoms. The van der Waals surface area contributed by atoms with Crippen LogP contribution in [0.3, 0.4) is 0 Å². The topological polar surface area (TPSA) is 21.3 Å². The summed E-state index contributed by atoms with van der Waals surface area (Å²) >= 11 is 0. The predicted octanol–water partition coefficient (Wildman–Crippen LogP) is 3.61. The fourth-order valence-electron chi connectivity index (χ4n) is 2.53. The molecule has 0 amide bonds. The minimum atomic E-state index is 0.756. The third kappa shape index (κ3) is 7.05. The zero-order chi connectivity index (χ0) is 12.5. The zero-order valence-corrected chi connectivity index (χ0v) is 12.0. The van der Waals surface area contributed by atoms with Crippen molar-refractivity contribution in [2.75, 3.05) is 19.8 Å². The fourth-order valence-corrected chi connectivity index (χ4v) is 2.53. The quantitative estimate of drug-likeness (QED) is 0.656. The largest absolute Gasteiger partial charge is 0.380 e. The van der Waals surface area contributed by atoms with Crippen LogP contribution in [0.2, 0.25) is 0 Å². The van der Waals surface area contributed by atoms with Gasteiger partial charge in [-0.25, -0.2) is 0 Å². The van der Waals surface area contributed by atoms with Gasteiger partial charge in [-0.3, -0.25) is 0 Å². The summed E-state index contributed by atoms with van der Waals surface area (Å²) < 4.78 is 5.62. The van der Waals surface area contributed by atoms with Crippen molar-refractivity contribution in [3.63, 3.8) is 0 Å². The van der Waals surface area contributed by atoms with Gasteiger partial charge in [0.15, 0.2) is 0 Å². The normalized spacial score (nSPS) is 25.4. The van der Waals surface area contributed by atoms with E-state index >= 15 is 0 Å². The van der Waals surface area contributed by atoms with Crippen LogP contribution in [0.25, 0.3) is 0 Å². The molecular formula is C15H31NO. The summed E-state index contributed by atoms with van der Waals surface area (Å²) in [5.74, 6) is 1.75. The Hall–Kier alpha value is -0.0800. The number of nitrogens with one attached hydrogen (secondary N) is 1. The van der Waals surface area contributed by atoms with Crippen LogP contribution in [0.1, 0.15) is 59.3 Å². The second kappa shape index (κ2) is 8.93. The highest BCUT2D eigenvalue weighted by Crippen LogP contribution is 2.26. The van der Waals surface area contributed by atoms with Gasteiger partial charge in [0, 0.05) is 19.2 Å². The molecule has 1 aliphatic carbocycles. The monoisotopic (exact) mass is 241 g/mol. The molecule has 0 spiro atoms. The summed E-state index contributed by atoms with van der Waals surface area (Å²) in [5, 5.41) is 3.63. The van der Waals surface area contributed by atoms with Crippen molar-refractivity contribution >= 4 is 0 Å². The Morgan fingerprint density at radius 1 is 1.12 bits per heavy atom. The summed E-state index contributed by atoms with van der Waals surface area (Å²) in [6.45, 7) is 9.63. The molecule has 0 aromatic rings. The molecule has 1 aliphatic rings. The molecule has 0 saturated heterocycles. The first-order valence-electron chi connectivity index (χ1n) is 7.53. The van der Waals surface area contributed by atoms with Crippen molar-refractivity contribution in [1.82, 2.24) is 5.32 Å². The van der Waals surface area contributed by atoms with Crippen molar-refractivity contribution in [2.24, 2.45) is 11.8 Å². The third-order valence-corrected chi connectivity index (χ3v) is 3.94. The standard InChI is InChI=1S/C15H31NO/c1-4-14-5-7-15(8-6-14)16-10-12-17-11-9-13(2)3/h13-16H,4-12H2,1-3H3. The lowest BCUT2D eigenvalue weighted by molar-refractivity contribution is 0.121. The van der Waals surface area contributed by atoms with E-state index in [1.165, 1.54) is 38.5 Å². The fraction of sp³-hybridized carbons (Fsp3) is 1.00. The van der Waals surface area contributed by atoms with E-state index in [4.69, 9.17) is 4.74 Å². The zero-order valence-electron chi connectivity index (χ0n) is 12.0. The van der Waals surface area contributed by atoms with Crippen LogP contribution in [0, 0.1) is 11.8 Å². The van der Waals surface area contributed by atoms with Gasteiger partial charge in [-0.05, 0) is 43.9 Å². The number of ether oxygens (including phenoxy) is 1. The van der Waals surface area contributed by atoms with Gasteiger partial charge in [-0.15, -0.1) is 0 Å². The van der Waals surface area contributed by atoms with Crippen LogP contribution >= 0.6 is 0 Å². The molecule has 0 radical (unpaired) electrons. The number of hydrogen-bond acceptors (Lipinski definition) is 2. The van der Waals surface area contributed by atoms with Gasteiger partial charge in [0.2, 0.25) is 0 Å². The van der Waals surface area contributed by atoms with Gasteiger partial charge < -0.3 is 10.1 Å². The van der Waals surface area contributed by atoms with Crippen molar-refractivity contribution in [2.45, 2.75) is 65.3 Å². The molecule has 1 fully saturated rings. The Labute approximate surface area is 108 Å². The number of hydrogen-bond donors (Lipinski definition) is 1. The summed E-state index contributed by atoms with van der Waals surface area (Å²) in [6, 6.07) is 0.756. The lowest BCUT2D eigenvalue weighted by atomic mass is 9.84. The van der Waals surface area contributed by atoms with Gasteiger partial charge in [-0.2, -0.15) is 0 Å². The van der Waals surface area contributed by atoms with Crippen LogP contribution in [0.5, 0.6) is 0 Å². The Kier molecular flexibility index (Phi) is 7.87. The maximum atomic E-state index is 5.62. The van der Waals surface area contributed by atoms with Gasteiger partial charge in [0.1, 0.15) is 0 Å². The van der Waals surface area contributed by atoms with Crippen LogP contribution < -0.4 is 5.32 Å². The molecule has 0 atom stereocenters. The van der Waals surface area contributed by atoms with E-state index in [9.17, 15) is 0 Å². The van der Waals surface area contributed by atoms with E-state index in [1.807, 2.05) is 0 Å². The summed E-state index contributed by atoms with van der Waals surface area (Å²) in [6.07, 6.45) is 8.12. The van der Waals surface area contributed by atoms with Crippen molar-refractivity contribution in [3.8, 4) is 0 Å². The highest BCUT2D eigenvalue weighted by Gasteiger charge is 2.18. The second-order valence-corrected chi connectivity index (χ2v) is 5.87. The number of rotatable bonds is 8. The SMILES string of the molecule is CCC1CCC(NCCOCCC(C)C)CC1. The van der Waals surface area contributed by atoms with E-state index in [2.05, 4.69) is 26.1 Å². The van der Waals surface area contributed by atoms with Crippen LogP contribution in [-0.2, 0) is 4.74 Å². The first-order valence-corrected chi connectivity index (χ1v) is 7.53. The molecule has 1 saturated carbocycles. The van der Waals surface area contributed by atoms with Gasteiger partial charge >= 0.3 is 0 Å². The van der Waals surface area contributed by atoms with E-state index in [0.717, 1.165) is 37.6 Å². The van der Waals surface area contributed by atoms with Crippen LogP contribution in [0.4, 0.5) is 0 Å². The second-order valence-electron chi connectivity index (χ2n) is 5.87. The van der Waals surface area contributed by atoms with Gasteiger partial charge in [0.25, 0.3) is 0 Å². The first kappa shape index (κ1) is 15.0. The Bertz CT molecular complexity index is 174. The third-order valence-electron chi connectivity index (χ3n) is 3.94. The van der Waals surface area contributed by atoms with Crippen LogP contribution in [-0.4, -0.2) is 25.8 Å². The molecule has 17 heavy (non-hydrogen) atoms. The predicted molar refractivity (Wildman–Crippen MR) is 74.3 cm³/mol. The van der Waals surface area contributed by atoms with Gasteiger partial charge in [0.05, 0.1) is 6.61 Å². The Morgan fingerprint density at radius 2 is 1.82 bits per heavy atom. The maximum Gasteiger partial charge on any atom is 0.0591 e. The Morgan fingerprint density at radius 3 is 2.41 bits per heavy atom. The smallest absolute Gasteiger partial charge is 0.0591 e. The Balaban J connectivity index is 1.90. The average molecular weight is 241 g/mol. The van der Waals surface area contributed by atoms with Crippen molar-refractivity contribution in [1.29, 1.82) is 0 Å². The molecule has 2 heteroatoms. The lowest BCUT2D eigenvalue weighted by Gasteiger charge is -2.28. The van der Waals surface area contributed by atoms with Crippen molar-refractivity contribution in [3.05, 3.63) is 0 Å². The molecule has 1 N–H and O–H groups in total. The molecule has 102 valence electrons. The highest BCUT2D eigenvalue weighted by atomic mass is 16.5. The summed E-state index contributed by atoms with van der Waals surface area (Å²) in [4.78, 5) is 0. The average Bonchev–Trinajstić information content (AvgIpc) is 2.34. The van der Waals surface area contributed by atoms with Gasteiger partial charge in [-0.1, -0.05) is 27.2 Å². The van der Waals surface area contributed by atoms with E-state index in [1.54, 1.807) is 0 Å². The molecule has 0 heterocycles. The van der Waals surface area contributed by atoms with Crippen LogP contribution in [0.15, 0.2) is 0 Å². The lowest BCUT2D eigenvalue weighted by Crippen LogP contribution is -2.35.